The predicted molar refractivity (Wildman–Crippen MR) is 86.5 cm³/mol. The van der Waals surface area contributed by atoms with Gasteiger partial charge in [-0.1, -0.05) is 26.1 Å². The van der Waals surface area contributed by atoms with E-state index in [1.807, 2.05) is 23.5 Å². The van der Waals surface area contributed by atoms with E-state index in [-0.39, 0.29) is 0 Å². The van der Waals surface area contributed by atoms with Crippen LogP contribution in [-0.4, -0.2) is 32.8 Å². The highest BCUT2D eigenvalue weighted by atomic mass is 32.2. The van der Waals surface area contributed by atoms with Gasteiger partial charge in [0.25, 0.3) is 0 Å². The van der Waals surface area contributed by atoms with E-state index < -0.39 is 0 Å². The molecule has 3 unspecified atom stereocenters. The molecule has 19 heavy (non-hydrogen) atoms. The van der Waals surface area contributed by atoms with Crippen LogP contribution in [0.5, 0.6) is 0 Å². The first kappa shape index (κ1) is 13.9. The summed E-state index contributed by atoms with van der Waals surface area (Å²) in [5, 5.41) is 5.21. The van der Waals surface area contributed by atoms with Gasteiger partial charge in [-0.25, -0.2) is 4.98 Å². The number of fused-ring (bicyclic) bond motifs is 1. The van der Waals surface area contributed by atoms with E-state index in [1.54, 1.807) is 0 Å². The lowest BCUT2D eigenvalue weighted by molar-refractivity contribution is 0.617. The minimum absolute atomic E-state index is 0.457. The highest BCUT2D eigenvalue weighted by Gasteiger charge is 2.28. The molecule has 1 aromatic rings. The van der Waals surface area contributed by atoms with Crippen molar-refractivity contribution in [3.05, 3.63) is 21.7 Å². The third-order valence-corrected chi connectivity index (χ3v) is 7.57. The van der Waals surface area contributed by atoms with Crippen LogP contribution in [0, 0.1) is 4.64 Å². The molecule has 0 bridgehead atoms. The molecule has 1 aromatic heterocycles. The Bertz CT molecular complexity index is 528. The Balaban J connectivity index is 1.89. The molecule has 3 heterocycles. The molecule has 0 saturated carbocycles. The molecule has 0 aliphatic carbocycles. The molecule has 3 atom stereocenters. The maximum atomic E-state index is 5.46. The van der Waals surface area contributed by atoms with Gasteiger partial charge >= 0.3 is 0 Å². The van der Waals surface area contributed by atoms with Crippen molar-refractivity contribution in [2.45, 2.75) is 42.6 Å². The summed E-state index contributed by atoms with van der Waals surface area (Å²) in [6.07, 6.45) is 1.03. The number of aromatic amines is 1. The van der Waals surface area contributed by atoms with E-state index in [4.69, 9.17) is 12.2 Å². The molecular formula is C13H19N3S3. The first-order valence-corrected chi connectivity index (χ1v) is 9.15. The minimum atomic E-state index is 0.457. The predicted octanol–water partition coefficient (Wildman–Crippen LogP) is 3.08. The molecule has 2 aliphatic heterocycles. The molecule has 6 heteroatoms. The lowest BCUT2D eigenvalue weighted by Crippen LogP contribution is -2.27. The summed E-state index contributed by atoms with van der Waals surface area (Å²) in [6, 6.07) is 0. The third-order valence-electron chi connectivity index (χ3n) is 3.83. The van der Waals surface area contributed by atoms with Crippen LogP contribution in [0.4, 0.5) is 0 Å². The summed E-state index contributed by atoms with van der Waals surface area (Å²) in [4.78, 5) is 8.21. The average molecular weight is 314 g/mol. The molecule has 104 valence electrons. The average Bonchev–Trinajstić information content (AvgIpc) is 2.42. The topological polar surface area (TPSA) is 40.7 Å². The molecule has 0 radical (unpaired) electrons. The van der Waals surface area contributed by atoms with Gasteiger partial charge in [0, 0.05) is 47.0 Å². The van der Waals surface area contributed by atoms with Gasteiger partial charge in [0.05, 0.1) is 5.25 Å². The Morgan fingerprint density at radius 3 is 2.95 bits per heavy atom. The van der Waals surface area contributed by atoms with Crippen LogP contribution in [0.1, 0.15) is 36.2 Å². The van der Waals surface area contributed by atoms with Crippen LogP contribution in [0.2, 0.25) is 0 Å². The maximum absolute atomic E-state index is 5.46. The molecule has 0 spiro atoms. The zero-order valence-corrected chi connectivity index (χ0v) is 13.7. The van der Waals surface area contributed by atoms with E-state index in [2.05, 4.69) is 29.1 Å². The van der Waals surface area contributed by atoms with Crippen molar-refractivity contribution < 1.29 is 0 Å². The van der Waals surface area contributed by atoms with E-state index in [0.717, 1.165) is 41.0 Å². The lowest BCUT2D eigenvalue weighted by atomic mass is 10.1. The van der Waals surface area contributed by atoms with E-state index in [0.29, 0.717) is 10.5 Å². The molecule has 3 rings (SSSR count). The van der Waals surface area contributed by atoms with Gasteiger partial charge in [-0.3, -0.25) is 0 Å². The normalized spacial score (nSPS) is 30.9. The van der Waals surface area contributed by atoms with Crippen molar-refractivity contribution in [1.29, 1.82) is 0 Å². The summed E-state index contributed by atoms with van der Waals surface area (Å²) in [5.41, 5.74) is 2.49. The van der Waals surface area contributed by atoms with Crippen LogP contribution in [0.3, 0.4) is 0 Å². The fourth-order valence-electron chi connectivity index (χ4n) is 2.47. The second-order valence-corrected chi connectivity index (χ2v) is 8.56. The first-order chi connectivity index (χ1) is 9.15. The molecular weight excluding hydrogens is 294 g/mol. The number of nitrogens with one attached hydrogen (secondary N) is 2. The number of rotatable bonds is 1. The number of thioether (sulfide) groups is 2. The number of hydrogen-bond acceptors (Lipinski definition) is 5. The highest BCUT2D eigenvalue weighted by Crippen LogP contribution is 2.43. The molecule has 3 nitrogen and oxygen atoms in total. The zero-order chi connectivity index (χ0) is 13.4. The highest BCUT2D eigenvalue weighted by molar-refractivity contribution is 8.07. The fraction of sp³-hybridized carbons (Fsp3) is 0.692. The van der Waals surface area contributed by atoms with Crippen molar-refractivity contribution in [3.63, 3.8) is 0 Å². The van der Waals surface area contributed by atoms with Crippen LogP contribution < -0.4 is 5.32 Å². The number of H-pyrrole nitrogens is 1. The molecule has 1 saturated heterocycles. The Morgan fingerprint density at radius 1 is 1.32 bits per heavy atom. The smallest absolute Gasteiger partial charge is 0.134 e. The van der Waals surface area contributed by atoms with Gasteiger partial charge in [0.2, 0.25) is 0 Å². The maximum Gasteiger partial charge on any atom is 0.134 e. The van der Waals surface area contributed by atoms with E-state index in [9.17, 15) is 0 Å². The second kappa shape index (κ2) is 5.76. The lowest BCUT2D eigenvalue weighted by Gasteiger charge is -2.31. The summed E-state index contributed by atoms with van der Waals surface area (Å²) in [5.74, 6) is 2.22. The van der Waals surface area contributed by atoms with Gasteiger partial charge in [-0.2, -0.15) is 11.8 Å². The zero-order valence-electron chi connectivity index (χ0n) is 11.2. The van der Waals surface area contributed by atoms with Crippen molar-refractivity contribution in [1.82, 2.24) is 15.3 Å². The number of aromatic nitrogens is 2. The SMILES string of the molecule is CC1SCC(c2nc(=S)c3c([nH]2)CCNC3)SC1C. The third kappa shape index (κ3) is 2.86. The summed E-state index contributed by atoms with van der Waals surface area (Å²) in [7, 11) is 0. The van der Waals surface area contributed by atoms with Crippen molar-refractivity contribution in [2.75, 3.05) is 12.3 Å². The number of nitrogens with zero attached hydrogens (tertiary/aromatic N) is 1. The Morgan fingerprint density at radius 2 is 2.16 bits per heavy atom. The molecule has 2 aliphatic rings. The summed E-state index contributed by atoms with van der Waals surface area (Å²) >= 11 is 9.54. The quantitative estimate of drug-likeness (QED) is 0.780. The largest absolute Gasteiger partial charge is 0.346 e. The second-order valence-electron chi connectivity index (χ2n) is 5.18. The molecule has 2 N–H and O–H groups in total. The fourth-order valence-corrected chi connectivity index (χ4v) is 5.63. The van der Waals surface area contributed by atoms with Crippen molar-refractivity contribution in [3.8, 4) is 0 Å². The van der Waals surface area contributed by atoms with Crippen LogP contribution in [0.15, 0.2) is 0 Å². The first-order valence-electron chi connectivity index (χ1n) is 6.75. The van der Waals surface area contributed by atoms with Gasteiger partial charge in [0.1, 0.15) is 10.5 Å². The molecule has 0 aromatic carbocycles. The number of hydrogen-bond donors (Lipinski definition) is 2. The van der Waals surface area contributed by atoms with E-state index >= 15 is 0 Å². The molecule has 1 fully saturated rings. The standard InChI is InChI=1S/C13H19N3S3/c1-7-8(2)19-11(6-18-7)12-15-10-3-4-14-5-9(10)13(17)16-12/h7-8,11,14H,3-6H2,1-2H3,(H,15,16,17). The summed E-state index contributed by atoms with van der Waals surface area (Å²) < 4.78 is 0.785. The van der Waals surface area contributed by atoms with Gasteiger partial charge in [-0.15, -0.1) is 11.8 Å². The van der Waals surface area contributed by atoms with Gasteiger partial charge in [-0.05, 0) is 0 Å². The van der Waals surface area contributed by atoms with Crippen LogP contribution in [-0.2, 0) is 13.0 Å². The van der Waals surface area contributed by atoms with Crippen LogP contribution in [0.25, 0.3) is 0 Å². The summed E-state index contributed by atoms with van der Waals surface area (Å²) in [6.45, 7) is 6.51. The Kier molecular flexibility index (Phi) is 4.22. The van der Waals surface area contributed by atoms with Gasteiger partial charge in [0.15, 0.2) is 0 Å². The Labute approximate surface area is 127 Å². The van der Waals surface area contributed by atoms with Crippen molar-refractivity contribution >= 4 is 35.7 Å². The van der Waals surface area contributed by atoms with E-state index in [1.165, 1.54) is 11.3 Å². The minimum Gasteiger partial charge on any atom is -0.346 e. The van der Waals surface area contributed by atoms with Crippen LogP contribution >= 0.6 is 35.7 Å². The van der Waals surface area contributed by atoms with Gasteiger partial charge < -0.3 is 10.3 Å². The Hall–Kier alpha value is -0.0400. The monoisotopic (exact) mass is 313 g/mol. The molecule has 0 amide bonds. The van der Waals surface area contributed by atoms with Crippen molar-refractivity contribution in [2.24, 2.45) is 0 Å².